The predicted octanol–water partition coefficient (Wildman–Crippen LogP) is 2.78. The molecule has 0 fully saturated rings. The smallest absolute Gasteiger partial charge is 0.331 e. The zero-order valence-electron chi connectivity index (χ0n) is 12.9. The fraction of sp³-hybridized carbons (Fsp3) is 0.167. The molecule has 2 aromatic rings. The summed E-state index contributed by atoms with van der Waals surface area (Å²) in [6, 6.07) is 14.3. The summed E-state index contributed by atoms with van der Waals surface area (Å²) in [5.41, 5.74) is 0.653. The molecular weight excluding hydrogens is 308 g/mol. The largest absolute Gasteiger partial charge is 0.465 e. The normalized spacial score (nSPS) is 10.3. The molecule has 1 aromatic carbocycles. The summed E-state index contributed by atoms with van der Waals surface area (Å²) in [6.45, 7) is -0.166. The van der Waals surface area contributed by atoms with E-state index in [4.69, 9.17) is 14.4 Å². The van der Waals surface area contributed by atoms with E-state index in [0.29, 0.717) is 11.4 Å². The number of hydrogen-bond donors (Lipinski definition) is 0. The minimum atomic E-state index is -0.645. The number of rotatable bonds is 7. The van der Waals surface area contributed by atoms with Crippen molar-refractivity contribution in [3.05, 3.63) is 60.6 Å². The molecule has 0 aliphatic rings. The summed E-state index contributed by atoms with van der Waals surface area (Å²) in [7, 11) is 0. The summed E-state index contributed by atoms with van der Waals surface area (Å²) < 4.78 is 9.99. The van der Waals surface area contributed by atoms with E-state index >= 15 is 0 Å². The van der Waals surface area contributed by atoms with Crippen LogP contribution >= 0.6 is 0 Å². The Labute approximate surface area is 139 Å². The number of carbonyl (C=O) groups is 2. The molecule has 122 valence electrons. The van der Waals surface area contributed by atoms with Crippen LogP contribution in [0.1, 0.15) is 12.2 Å². The molecule has 6 heteroatoms. The number of ether oxygens (including phenoxy) is 1. The highest BCUT2D eigenvalue weighted by atomic mass is 16.5. The molecule has 1 amide bonds. The molecular formula is C18H16N2O4. The van der Waals surface area contributed by atoms with Crippen LogP contribution in [0.3, 0.4) is 0 Å². The van der Waals surface area contributed by atoms with Gasteiger partial charge in [0.05, 0.1) is 18.8 Å². The average Bonchev–Trinajstić information content (AvgIpc) is 3.13. The number of carbonyl (C=O) groups excluding carboxylic acids is 2. The van der Waals surface area contributed by atoms with Crippen molar-refractivity contribution >= 4 is 23.6 Å². The lowest BCUT2D eigenvalue weighted by Crippen LogP contribution is -2.35. The first-order valence-corrected chi connectivity index (χ1v) is 7.31. The van der Waals surface area contributed by atoms with Gasteiger partial charge in [-0.1, -0.05) is 18.2 Å². The second-order valence-corrected chi connectivity index (χ2v) is 4.75. The highest BCUT2D eigenvalue weighted by molar-refractivity contribution is 5.96. The van der Waals surface area contributed by atoms with E-state index in [2.05, 4.69) is 0 Å². The lowest BCUT2D eigenvalue weighted by Gasteiger charge is -2.21. The van der Waals surface area contributed by atoms with Gasteiger partial charge in [0.2, 0.25) is 0 Å². The Morgan fingerprint density at radius 2 is 2.00 bits per heavy atom. The van der Waals surface area contributed by atoms with Crippen molar-refractivity contribution in [2.45, 2.75) is 6.42 Å². The monoisotopic (exact) mass is 324 g/mol. The van der Waals surface area contributed by atoms with Crippen LogP contribution in [-0.4, -0.2) is 25.0 Å². The van der Waals surface area contributed by atoms with E-state index in [-0.39, 0.29) is 13.0 Å². The number of furan rings is 1. The van der Waals surface area contributed by atoms with Crippen LogP contribution < -0.4 is 4.90 Å². The molecule has 0 aliphatic heterocycles. The summed E-state index contributed by atoms with van der Waals surface area (Å²) in [5, 5.41) is 8.73. The van der Waals surface area contributed by atoms with Gasteiger partial charge in [0.25, 0.3) is 5.91 Å². The molecule has 24 heavy (non-hydrogen) atoms. The number of amides is 1. The van der Waals surface area contributed by atoms with Gasteiger partial charge in [-0.2, -0.15) is 5.26 Å². The Balaban J connectivity index is 1.92. The fourth-order valence-corrected chi connectivity index (χ4v) is 1.96. The lowest BCUT2D eigenvalue weighted by molar-refractivity contribution is -0.142. The molecule has 0 bridgehead atoms. The summed E-state index contributed by atoms with van der Waals surface area (Å²) in [6.07, 6.45) is 4.32. The molecule has 1 aromatic heterocycles. The summed E-state index contributed by atoms with van der Waals surface area (Å²) in [4.78, 5) is 25.3. The molecule has 0 saturated heterocycles. The van der Waals surface area contributed by atoms with Crippen LogP contribution in [0.5, 0.6) is 0 Å². The van der Waals surface area contributed by atoms with Gasteiger partial charge in [-0.15, -0.1) is 0 Å². The Morgan fingerprint density at radius 3 is 2.67 bits per heavy atom. The topological polar surface area (TPSA) is 83.5 Å². The highest BCUT2D eigenvalue weighted by Crippen LogP contribution is 2.14. The first-order valence-electron chi connectivity index (χ1n) is 7.31. The van der Waals surface area contributed by atoms with Crippen LogP contribution in [0.15, 0.2) is 59.2 Å². The van der Waals surface area contributed by atoms with Crippen molar-refractivity contribution in [2.24, 2.45) is 0 Å². The van der Waals surface area contributed by atoms with Crippen molar-refractivity contribution in [1.82, 2.24) is 0 Å². The van der Waals surface area contributed by atoms with Gasteiger partial charge in [0.1, 0.15) is 5.76 Å². The highest BCUT2D eigenvalue weighted by Gasteiger charge is 2.16. The standard InChI is InChI=1S/C18H16N2O4/c19-11-5-12-20(15-6-2-1-3-7-15)17(21)14-24-18(22)10-9-16-8-4-13-23-16/h1-4,6-10,13H,5,12,14H2/b10-9+. The van der Waals surface area contributed by atoms with Crippen molar-refractivity contribution in [3.63, 3.8) is 0 Å². The minimum absolute atomic E-state index is 0.187. The van der Waals surface area contributed by atoms with E-state index < -0.39 is 18.5 Å². The second-order valence-electron chi connectivity index (χ2n) is 4.75. The van der Waals surface area contributed by atoms with Crippen LogP contribution in [0, 0.1) is 11.3 Å². The second kappa shape index (κ2) is 8.96. The van der Waals surface area contributed by atoms with Gasteiger partial charge in [-0.3, -0.25) is 4.79 Å². The third-order valence-electron chi connectivity index (χ3n) is 3.08. The number of hydrogen-bond acceptors (Lipinski definition) is 5. The SMILES string of the molecule is N#CCCN(C(=O)COC(=O)/C=C/c1ccco1)c1ccccc1. The third-order valence-corrected chi connectivity index (χ3v) is 3.08. The van der Waals surface area contributed by atoms with E-state index in [1.54, 1.807) is 36.4 Å². The van der Waals surface area contributed by atoms with Gasteiger partial charge < -0.3 is 14.1 Å². The zero-order valence-corrected chi connectivity index (χ0v) is 12.9. The Hall–Kier alpha value is -3.33. The number of esters is 1. The molecule has 0 radical (unpaired) electrons. The molecule has 6 nitrogen and oxygen atoms in total. The maximum Gasteiger partial charge on any atom is 0.331 e. The van der Waals surface area contributed by atoms with Crippen LogP contribution in [0.2, 0.25) is 0 Å². The Kier molecular flexibility index (Phi) is 6.35. The van der Waals surface area contributed by atoms with E-state index in [1.165, 1.54) is 23.3 Å². The fourth-order valence-electron chi connectivity index (χ4n) is 1.96. The van der Waals surface area contributed by atoms with Crippen molar-refractivity contribution in [1.29, 1.82) is 5.26 Å². The molecule has 2 rings (SSSR count). The summed E-state index contributed by atoms with van der Waals surface area (Å²) >= 11 is 0. The number of para-hydroxylation sites is 1. The van der Waals surface area contributed by atoms with Crippen molar-refractivity contribution < 1.29 is 18.7 Å². The average molecular weight is 324 g/mol. The van der Waals surface area contributed by atoms with Crippen molar-refractivity contribution in [3.8, 4) is 6.07 Å². The van der Waals surface area contributed by atoms with E-state index in [1.807, 2.05) is 12.1 Å². The summed E-state index contributed by atoms with van der Waals surface area (Å²) in [5.74, 6) is -0.526. The maximum absolute atomic E-state index is 12.3. The van der Waals surface area contributed by atoms with E-state index in [9.17, 15) is 9.59 Å². The molecule has 0 saturated carbocycles. The third kappa shape index (κ3) is 5.14. The van der Waals surface area contributed by atoms with Crippen molar-refractivity contribution in [2.75, 3.05) is 18.1 Å². The molecule has 0 spiro atoms. The van der Waals surface area contributed by atoms with Crippen LogP contribution in [0.25, 0.3) is 6.08 Å². The number of nitriles is 1. The van der Waals surface area contributed by atoms with Gasteiger partial charge in [-0.25, -0.2) is 4.79 Å². The lowest BCUT2D eigenvalue weighted by atomic mass is 10.2. The van der Waals surface area contributed by atoms with E-state index in [0.717, 1.165) is 0 Å². The van der Waals surface area contributed by atoms with Crippen LogP contribution in [0.4, 0.5) is 5.69 Å². The predicted molar refractivity (Wildman–Crippen MR) is 87.7 cm³/mol. The first kappa shape index (κ1) is 17.0. The molecule has 0 N–H and O–H groups in total. The zero-order chi connectivity index (χ0) is 17.2. The first-order chi connectivity index (χ1) is 11.7. The Bertz CT molecular complexity index is 730. The van der Waals surface area contributed by atoms with Crippen LogP contribution in [-0.2, 0) is 14.3 Å². The maximum atomic E-state index is 12.3. The minimum Gasteiger partial charge on any atom is -0.465 e. The van der Waals surface area contributed by atoms with Gasteiger partial charge in [0, 0.05) is 18.3 Å². The molecule has 1 heterocycles. The molecule has 0 unspecified atom stereocenters. The van der Waals surface area contributed by atoms with Gasteiger partial charge >= 0.3 is 5.97 Å². The van der Waals surface area contributed by atoms with Gasteiger partial charge in [0.15, 0.2) is 6.61 Å². The quantitative estimate of drug-likeness (QED) is 0.577. The number of benzene rings is 1. The molecule has 0 atom stereocenters. The number of nitrogens with zero attached hydrogens (tertiary/aromatic N) is 2. The Morgan fingerprint density at radius 1 is 1.21 bits per heavy atom. The molecule has 0 aliphatic carbocycles. The number of anilines is 1. The van der Waals surface area contributed by atoms with Gasteiger partial charge in [-0.05, 0) is 30.3 Å².